The van der Waals surface area contributed by atoms with E-state index in [0.717, 1.165) is 53.2 Å². The van der Waals surface area contributed by atoms with Crippen LogP contribution in [-0.2, 0) is 0 Å². The van der Waals surface area contributed by atoms with Gasteiger partial charge < -0.3 is 10.7 Å². The van der Waals surface area contributed by atoms with Crippen molar-refractivity contribution < 1.29 is 0 Å². The number of aryl methyl sites for hydroxylation is 1. The minimum Gasteiger partial charge on any atom is -0.327 e. The van der Waals surface area contributed by atoms with E-state index in [9.17, 15) is 4.79 Å². The number of hydrogen-bond donors (Lipinski definition) is 3. The number of aromatic amines is 2. The Morgan fingerprint density at radius 2 is 2.04 bits per heavy atom. The molecule has 0 spiro atoms. The van der Waals surface area contributed by atoms with Crippen molar-refractivity contribution in [3.05, 3.63) is 34.1 Å². The number of thiophene rings is 1. The highest BCUT2D eigenvalue weighted by atomic mass is 35.5. The van der Waals surface area contributed by atoms with Crippen molar-refractivity contribution in [1.29, 1.82) is 0 Å². The third-order valence-electron chi connectivity index (χ3n) is 4.67. The van der Waals surface area contributed by atoms with Crippen LogP contribution in [0.2, 0.25) is 0 Å². The molecule has 4 rings (SSSR count). The van der Waals surface area contributed by atoms with Gasteiger partial charge >= 0.3 is 0 Å². The second-order valence-corrected chi connectivity index (χ2v) is 7.29. The standard InChI is InChI=1S/C16H19N5OS.2ClH/c1-8-10(7-18-21-8)13-6-12-14(23-13)16(22)20-15(19-12)9-4-2-3-5-11(9)17;;/h6-7,9,11H,2-5,17H2,1H3,(H,18,21)(H,19,20,22);2*1H/t9-,11-;;/m1../s1. The number of nitrogens with one attached hydrogen (secondary N) is 2. The average molecular weight is 402 g/mol. The van der Waals surface area contributed by atoms with Gasteiger partial charge in [-0.15, -0.1) is 36.2 Å². The normalized spacial score (nSPS) is 20.1. The maximum Gasteiger partial charge on any atom is 0.268 e. The Bertz CT molecular complexity index is 919. The van der Waals surface area contributed by atoms with Gasteiger partial charge in [0.25, 0.3) is 5.56 Å². The number of fused-ring (bicyclic) bond motifs is 1. The van der Waals surface area contributed by atoms with Crippen LogP contribution in [0.4, 0.5) is 0 Å². The van der Waals surface area contributed by atoms with Crippen LogP contribution in [0.25, 0.3) is 20.7 Å². The van der Waals surface area contributed by atoms with Crippen LogP contribution in [0.5, 0.6) is 0 Å². The van der Waals surface area contributed by atoms with E-state index < -0.39 is 0 Å². The number of halogens is 2. The summed E-state index contributed by atoms with van der Waals surface area (Å²) in [5, 5.41) is 6.98. The van der Waals surface area contributed by atoms with Crippen LogP contribution in [0, 0.1) is 6.92 Å². The Hall–Kier alpha value is -1.41. The molecule has 136 valence electrons. The van der Waals surface area contributed by atoms with Crippen LogP contribution in [-0.4, -0.2) is 26.2 Å². The van der Waals surface area contributed by atoms with E-state index in [4.69, 9.17) is 10.7 Å². The molecule has 6 nitrogen and oxygen atoms in total. The molecule has 9 heteroatoms. The van der Waals surface area contributed by atoms with Gasteiger partial charge in [0, 0.05) is 28.1 Å². The zero-order valence-corrected chi connectivity index (χ0v) is 16.2. The maximum atomic E-state index is 12.5. The van der Waals surface area contributed by atoms with E-state index in [1.54, 1.807) is 6.20 Å². The lowest BCUT2D eigenvalue weighted by Crippen LogP contribution is -2.33. The topological polar surface area (TPSA) is 100 Å². The molecule has 0 amide bonds. The molecule has 1 saturated carbocycles. The van der Waals surface area contributed by atoms with Gasteiger partial charge in [0.1, 0.15) is 10.5 Å². The zero-order chi connectivity index (χ0) is 16.0. The molecule has 3 heterocycles. The SMILES string of the molecule is Cc1[nH]ncc1-c1cc2nc([C@@H]3CCCC[C@H]3N)[nH]c(=O)c2s1.Cl.Cl. The van der Waals surface area contributed by atoms with Gasteiger partial charge in [-0.1, -0.05) is 12.8 Å². The molecule has 0 aromatic carbocycles. The van der Waals surface area contributed by atoms with Gasteiger partial charge in [-0.25, -0.2) is 4.98 Å². The second kappa shape index (κ2) is 7.86. The first kappa shape index (κ1) is 19.9. The molecule has 3 aromatic heterocycles. The number of rotatable bonds is 2. The Balaban J connectivity index is 0.00000113. The van der Waals surface area contributed by atoms with Crippen LogP contribution in [0.3, 0.4) is 0 Å². The molecule has 0 radical (unpaired) electrons. The van der Waals surface area contributed by atoms with Gasteiger partial charge in [-0.2, -0.15) is 5.10 Å². The Kier molecular flexibility index (Phi) is 6.26. The maximum absolute atomic E-state index is 12.5. The Labute approximate surface area is 161 Å². The molecule has 1 fully saturated rings. The summed E-state index contributed by atoms with van der Waals surface area (Å²) >= 11 is 1.45. The quantitative estimate of drug-likeness (QED) is 0.611. The molecule has 4 N–H and O–H groups in total. The van der Waals surface area contributed by atoms with Crippen molar-refractivity contribution in [3.63, 3.8) is 0 Å². The predicted octanol–water partition coefficient (Wildman–Crippen LogP) is 3.51. The summed E-state index contributed by atoms with van der Waals surface area (Å²) < 4.78 is 0.661. The fourth-order valence-electron chi connectivity index (χ4n) is 3.36. The summed E-state index contributed by atoms with van der Waals surface area (Å²) in [5.74, 6) is 0.892. The molecule has 2 atom stereocenters. The van der Waals surface area contributed by atoms with E-state index in [1.165, 1.54) is 11.3 Å². The van der Waals surface area contributed by atoms with Crippen LogP contribution in [0.15, 0.2) is 17.1 Å². The molecule has 0 unspecified atom stereocenters. The van der Waals surface area contributed by atoms with Crippen LogP contribution >= 0.6 is 36.2 Å². The van der Waals surface area contributed by atoms with E-state index in [2.05, 4.69) is 15.2 Å². The summed E-state index contributed by atoms with van der Waals surface area (Å²) in [6.45, 7) is 1.97. The van der Waals surface area contributed by atoms with Crippen molar-refractivity contribution in [3.8, 4) is 10.4 Å². The van der Waals surface area contributed by atoms with Crippen LogP contribution in [0.1, 0.15) is 43.1 Å². The monoisotopic (exact) mass is 401 g/mol. The van der Waals surface area contributed by atoms with Gasteiger partial charge in [0.2, 0.25) is 0 Å². The molecular weight excluding hydrogens is 381 g/mol. The largest absolute Gasteiger partial charge is 0.327 e. The van der Waals surface area contributed by atoms with Crippen molar-refractivity contribution in [2.24, 2.45) is 5.73 Å². The third kappa shape index (κ3) is 3.60. The highest BCUT2D eigenvalue weighted by Gasteiger charge is 2.26. The van der Waals surface area contributed by atoms with Crippen molar-refractivity contribution in [1.82, 2.24) is 20.2 Å². The lowest BCUT2D eigenvalue weighted by molar-refractivity contribution is 0.373. The highest BCUT2D eigenvalue weighted by molar-refractivity contribution is 7.22. The van der Waals surface area contributed by atoms with E-state index in [-0.39, 0.29) is 42.3 Å². The first-order chi connectivity index (χ1) is 11.1. The van der Waals surface area contributed by atoms with Crippen molar-refractivity contribution in [2.45, 2.75) is 44.6 Å². The third-order valence-corrected chi connectivity index (χ3v) is 5.82. The molecular formula is C16H21Cl2N5OS. The molecule has 0 bridgehead atoms. The summed E-state index contributed by atoms with van der Waals surface area (Å²) in [6, 6.07) is 2.06. The smallest absolute Gasteiger partial charge is 0.268 e. The molecule has 25 heavy (non-hydrogen) atoms. The first-order valence-corrected chi connectivity index (χ1v) is 8.75. The minimum atomic E-state index is -0.0693. The van der Waals surface area contributed by atoms with Gasteiger partial charge in [-0.3, -0.25) is 9.89 Å². The lowest BCUT2D eigenvalue weighted by atomic mass is 9.84. The fourth-order valence-corrected chi connectivity index (χ4v) is 4.42. The molecule has 0 saturated heterocycles. The summed E-state index contributed by atoms with van der Waals surface area (Å²) in [4.78, 5) is 21.2. The fraction of sp³-hybridized carbons (Fsp3) is 0.438. The van der Waals surface area contributed by atoms with E-state index >= 15 is 0 Å². The average Bonchev–Trinajstić information content (AvgIpc) is 3.13. The zero-order valence-electron chi connectivity index (χ0n) is 13.7. The Morgan fingerprint density at radius 3 is 2.72 bits per heavy atom. The number of nitrogens with two attached hydrogens (primary N) is 1. The van der Waals surface area contributed by atoms with E-state index in [0.29, 0.717) is 4.70 Å². The predicted molar refractivity (Wildman–Crippen MR) is 106 cm³/mol. The van der Waals surface area contributed by atoms with E-state index in [1.807, 2.05) is 13.0 Å². The number of nitrogens with zero attached hydrogens (tertiary/aromatic N) is 2. The Morgan fingerprint density at radius 1 is 1.28 bits per heavy atom. The summed E-state index contributed by atoms with van der Waals surface area (Å²) in [5.41, 5.74) is 8.92. The number of aromatic nitrogens is 4. The highest BCUT2D eigenvalue weighted by Crippen LogP contribution is 2.34. The van der Waals surface area contributed by atoms with Gasteiger partial charge in [0.05, 0.1) is 11.7 Å². The number of hydrogen-bond acceptors (Lipinski definition) is 5. The van der Waals surface area contributed by atoms with Crippen molar-refractivity contribution in [2.75, 3.05) is 0 Å². The molecule has 1 aliphatic rings. The van der Waals surface area contributed by atoms with Gasteiger partial charge in [0.15, 0.2) is 0 Å². The molecule has 3 aromatic rings. The first-order valence-electron chi connectivity index (χ1n) is 7.93. The van der Waals surface area contributed by atoms with Crippen LogP contribution < -0.4 is 11.3 Å². The van der Waals surface area contributed by atoms with Crippen molar-refractivity contribution >= 4 is 46.4 Å². The summed E-state index contributed by atoms with van der Waals surface area (Å²) in [6.07, 6.45) is 6.07. The summed E-state index contributed by atoms with van der Waals surface area (Å²) in [7, 11) is 0. The lowest BCUT2D eigenvalue weighted by Gasteiger charge is -2.27. The minimum absolute atomic E-state index is 0. The molecule has 1 aliphatic carbocycles. The molecule has 0 aliphatic heterocycles. The van der Waals surface area contributed by atoms with Gasteiger partial charge in [-0.05, 0) is 25.8 Å². The second-order valence-electron chi connectivity index (χ2n) is 6.24. The number of H-pyrrole nitrogens is 2.